The molecular weight excluding hydrogens is 202 g/mol. The summed E-state index contributed by atoms with van der Waals surface area (Å²) in [6.45, 7) is 2.52. The minimum Gasteiger partial charge on any atom is -0.371 e. The minimum atomic E-state index is 0.405. The molecule has 2 unspecified atom stereocenters. The summed E-state index contributed by atoms with van der Waals surface area (Å²) in [4.78, 5) is 6.75. The van der Waals surface area contributed by atoms with Crippen LogP contribution >= 0.6 is 0 Å². The number of morpholine rings is 1. The Balaban J connectivity index is 1.81. The van der Waals surface area contributed by atoms with E-state index in [4.69, 9.17) is 10.5 Å². The Kier molecular flexibility index (Phi) is 2.53. The molecule has 0 amide bonds. The third-order valence-corrected chi connectivity index (χ3v) is 3.41. The Bertz CT molecular complexity index is 370. The molecule has 2 N–H and O–H groups in total. The molecule has 2 fully saturated rings. The largest absolute Gasteiger partial charge is 0.371 e. The van der Waals surface area contributed by atoms with E-state index in [9.17, 15) is 0 Å². The molecule has 0 aliphatic carbocycles. The van der Waals surface area contributed by atoms with Gasteiger partial charge in [-0.3, -0.25) is 0 Å². The Morgan fingerprint density at radius 2 is 2.12 bits per heavy atom. The van der Waals surface area contributed by atoms with Crippen molar-refractivity contribution in [3.8, 4) is 0 Å². The van der Waals surface area contributed by atoms with Crippen LogP contribution in [0.2, 0.25) is 0 Å². The smallest absolute Gasteiger partial charge is 0.128 e. The number of anilines is 1. The number of aromatic nitrogens is 1. The van der Waals surface area contributed by atoms with Crippen LogP contribution in [0, 0.1) is 0 Å². The van der Waals surface area contributed by atoms with Gasteiger partial charge in [0.15, 0.2) is 0 Å². The molecule has 16 heavy (non-hydrogen) atoms. The molecule has 1 aromatic heterocycles. The van der Waals surface area contributed by atoms with E-state index < -0.39 is 0 Å². The number of hydrogen-bond acceptors (Lipinski definition) is 4. The van der Waals surface area contributed by atoms with Crippen molar-refractivity contribution < 1.29 is 4.74 Å². The van der Waals surface area contributed by atoms with Crippen LogP contribution in [0.1, 0.15) is 18.4 Å². The van der Waals surface area contributed by atoms with Gasteiger partial charge in [-0.1, -0.05) is 0 Å². The highest BCUT2D eigenvalue weighted by Crippen LogP contribution is 2.28. The number of hydrogen-bond donors (Lipinski definition) is 1. The zero-order valence-electron chi connectivity index (χ0n) is 9.30. The van der Waals surface area contributed by atoms with Gasteiger partial charge in [-0.25, -0.2) is 4.98 Å². The molecule has 1 aromatic rings. The van der Waals surface area contributed by atoms with E-state index >= 15 is 0 Å². The first-order valence-electron chi connectivity index (χ1n) is 5.90. The highest BCUT2D eigenvalue weighted by Gasteiger charge is 2.34. The van der Waals surface area contributed by atoms with Gasteiger partial charge in [0.05, 0.1) is 12.2 Å². The second-order valence-electron chi connectivity index (χ2n) is 4.59. The van der Waals surface area contributed by atoms with Crippen molar-refractivity contribution in [1.82, 2.24) is 4.98 Å². The van der Waals surface area contributed by atoms with Gasteiger partial charge in [0.2, 0.25) is 0 Å². The summed E-state index contributed by atoms with van der Waals surface area (Å²) in [6, 6.07) is 4.06. The zero-order valence-corrected chi connectivity index (χ0v) is 9.30. The van der Waals surface area contributed by atoms with Crippen molar-refractivity contribution in [2.75, 3.05) is 18.0 Å². The second kappa shape index (κ2) is 4.03. The summed E-state index contributed by atoms with van der Waals surface area (Å²) < 4.78 is 5.81. The van der Waals surface area contributed by atoms with Gasteiger partial charge < -0.3 is 15.4 Å². The summed E-state index contributed by atoms with van der Waals surface area (Å²) in [5.41, 5.74) is 6.79. The third-order valence-electron chi connectivity index (χ3n) is 3.41. The molecule has 4 heteroatoms. The van der Waals surface area contributed by atoms with E-state index in [1.807, 2.05) is 12.3 Å². The van der Waals surface area contributed by atoms with E-state index in [0.29, 0.717) is 18.8 Å². The average molecular weight is 219 g/mol. The lowest BCUT2D eigenvalue weighted by Gasteiger charge is -2.33. The van der Waals surface area contributed by atoms with Crippen LogP contribution in [0.15, 0.2) is 18.3 Å². The first-order valence-corrected chi connectivity index (χ1v) is 5.90. The monoisotopic (exact) mass is 219 g/mol. The van der Waals surface area contributed by atoms with Crippen LogP contribution in [-0.2, 0) is 11.3 Å². The van der Waals surface area contributed by atoms with E-state index in [0.717, 1.165) is 24.5 Å². The first-order chi connectivity index (χ1) is 7.85. The average Bonchev–Trinajstić information content (AvgIpc) is 2.68. The lowest BCUT2D eigenvalue weighted by atomic mass is 10.2. The Labute approximate surface area is 95.4 Å². The maximum Gasteiger partial charge on any atom is 0.128 e. The van der Waals surface area contributed by atoms with Gasteiger partial charge in [-0.2, -0.15) is 0 Å². The van der Waals surface area contributed by atoms with E-state index in [-0.39, 0.29) is 0 Å². The molecule has 2 aliphatic rings. The standard InChI is InChI=1S/C12H17N3O/c13-6-9-3-4-14-12(5-9)15-7-10-1-2-11(8-15)16-10/h3-5,10-11H,1-2,6-8,13H2. The summed E-state index contributed by atoms with van der Waals surface area (Å²) in [6.07, 6.45) is 5.04. The maximum absolute atomic E-state index is 5.81. The van der Waals surface area contributed by atoms with Crippen molar-refractivity contribution in [3.63, 3.8) is 0 Å². The quantitative estimate of drug-likeness (QED) is 0.803. The van der Waals surface area contributed by atoms with E-state index in [1.54, 1.807) is 0 Å². The third kappa shape index (κ3) is 1.79. The second-order valence-corrected chi connectivity index (χ2v) is 4.59. The number of rotatable bonds is 2. The van der Waals surface area contributed by atoms with Gasteiger partial charge in [-0.05, 0) is 30.5 Å². The number of fused-ring (bicyclic) bond motifs is 2. The van der Waals surface area contributed by atoms with Crippen molar-refractivity contribution in [2.24, 2.45) is 5.73 Å². The molecule has 4 nitrogen and oxygen atoms in total. The number of nitrogens with two attached hydrogens (primary N) is 1. The van der Waals surface area contributed by atoms with Crippen molar-refractivity contribution in [2.45, 2.75) is 31.6 Å². The topological polar surface area (TPSA) is 51.4 Å². The molecule has 0 aromatic carbocycles. The van der Waals surface area contributed by atoms with Gasteiger partial charge in [0.25, 0.3) is 0 Å². The predicted octanol–water partition coefficient (Wildman–Crippen LogP) is 0.908. The number of nitrogens with zero attached hydrogens (tertiary/aromatic N) is 2. The van der Waals surface area contributed by atoms with Crippen molar-refractivity contribution >= 4 is 5.82 Å². The van der Waals surface area contributed by atoms with Gasteiger partial charge >= 0.3 is 0 Å². The van der Waals surface area contributed by atoms with Crippen molar-refractivity contribution in [3.05, 3.63) is 23.9 Å². The van der Waals surface area contributed by atoms with E-state index in [1.165, 1.54) is 12.8 Å². The van der Waals surface area contributed by atoms with Gasteiger partial charge in [-0.15, -0.1) is 0 Å². The number of ether oxygens (including phenoxy) is 1. The van der Waals surface area contributed by atoms with Crippen LogP contribution in [0.25, 0.3) is 0 Å². The molecule has 3 rings (SSSR count). The SMILES string of the molecule is NCc1ccnc(N2CC3CCC(C2)O3)c1. The van der Waals surface area contributed by atoms with Crippen LogP contribution in [0.3, 0.4) is 0 Å². The molecule has 2 atom stereocenters. The lowest BCUT2D eigenvalue weighted by molar-refractivity contribution is 0.0302. The van der Waals surface area contributed by atoms with Gasteiger partial charge in [0, 0.05) is 25.8 Å². The fourth-order valence-corrected chi connectivity index (χ4v) is 2.56. The fraction of sp³-hybridized carbons (Fsp3) is 0.583. The predicted molar refractivity (Wildman–Crippen MR) is 62.2 cm³/mol. The van der Waals surface area contributed by atoms with Crippen LogP contribution < -0.4 is 10.6 Å². The van der Waals surface area contributed by atoms with Gasteiger partial charge in [0.1, 0.15) is 5.82 Å². The van der Waals surface area contributed by atoms with Crippen LogP contribution in [-0.4, -0.2) is 30.3 Å². The zero-order chi connectivity index (χ0) is 11.0. The molecule has 2 aliphatic heterocycles. The van der Waals surface area contributed by atoms with Crippen molar-refractivity contribution in [1.29, 1.82) is 0 Å². The Hall–Kier alpha value is -1.13. The fourth-order valence-electron chi connectivity index (χ4n) is 2.56. The molecule has 2 bridgehead atoms. The minimum absolute atomic E-state index is 0.405. The molecular formula is C12H17N3O. The molecule has 0 radical (unpaired) electrons. The molecule has 2 saturated heterocycles. The molecule has 0 spiro atoms. The van der Waals surface area contributed by atoms with Crippen LogP contribution in [0.5, 0.6) is 0 Å². The summed E-state index contributed by atoms with van der Waals surface area (Å²) in [5.74, 6) is 1.04. The summed E-state index contributed by atoms with van der Waals surface area (Å²) >= 11 is 0. The molecule has 3 heterocycles. The maximum atomic E-state index is 5.81. The lowest BCUT2D eigenvalue weighted by Crippen LogP contribution is -2.43. The van der Waals surface area contributed by atoms with Crippen LogP contribution in [0.4, 0.5) is 5.82 Å². The first kappa shape index (κ1) is 10.1. The summed E-state index contributed by atoms with van der Waals surface area (Å²) in [5, 5.41) is 0. The molecule has 0 saturated carbocycles. The highest BCUT2D eigenvalue weighted by molar-refractivity contribution is 5.42. The molecule has 86 valence electrons. The number of pyridine rings is 1. The highest BCUT2D eigenvalue weighted by atomic mass is 16.5. The summed E-state index contributed by atoms with van der Waals surface area (Å²) in [7, 11) is 0. The normalized spacial score (nSPS) is 28.4. The Morgan fingerprint density at radius 3 is 2.81 bits per heavy atom. The Morgan fingerprint density at radius 1 is 1.38 bits per heavy atom. The van der Waals surface area contributed by atoms with E-state index in [2.05, 4.69) is 16.0 Å².